The summed E-state index contributed by atoms with van der Waals surface area (Å²) in [7, 11) is 0. The van der Waals surface area contributed by atoms with Gasteiger partial charge in [0.25, 0.3) is 11.9 Å². The van der Waals surface area contributed by atoms with E-state index in [-0.39, 0.29) is 12.4 Å². The molecule has 0 spiro atoms. The molecule has 0 aliphatic carbocycles. The number of aliphatic imine (C=N–C) groups is 1. The molecule has 13 heavy (non-hydrogen) atoms. The van der Waals surface area contributed by atoms with Gasteiger partial charge in [-0.1, -0.05) is 0 Å². The fourth-order valence-electron chi connectivity index (χ4n) is 0.492. The topological polar surface area (TPSA) is 155 Å². The number of aliphatic hydroxyl groups is 1. The van der Waals surface area contributed by atoms with Crippen LogP contribution in [0.4, 0.5) is 0 Å². The van der Waals surface area contributed by atoms with E-state index in [0.29, 0.717) is 0 Å². The second-order valence-electron chi connectivity index (χ2n) is 2.01. The summed E-state index contributed by atoms with van der Waals surface area (Å²) in [6.45, 7) is 0. The average molecular weight is 187 g/mol. The Kier molecular flexibility index (Phi) is 3.93. The zero-order valence-corrected chi connectivity index (χ0v) is 6.57. The number of hydrogen-bond donors (Lipinski definition) is 5. The molecule has 0 radical (unpaired) electrons. The predicted octanol–water partition coefficient (Wildman–Crippen LogP) is -2.21. The normalized spacial score (nSPS) is 14.9. The van der Waals surface area contributed by atoms with E-state index >= 15 is 0 Å². The average Bonchev–Trinajstić information content (AvgIpc) is 1.80. The number of amides is 2. The molecule has 0 saturated carbocycles. The van der Waals surface area contributed by atoms with Crippen molar-refractivity contribution in [3.8, 4) is 0 Å². The highest BCUT2D eigenvalue weighted by Gasteiger charge is 2.16. The number of guanidine groups is 1. The fraction of sp³-hybridized carbons (Fsp3) is 0.200. The van der Waals surface area contributed by atoms with Crippen LogP contribution in [-0.2, 0) is 9.59 Å². The largest absolute Gasteiger partial charge is 0.480 e. The Bertz CT molecular complexity index is 267. The molecule has 8 heteroatoms. The lowest BCUT2D eigenvalue weighted by atomic mass is 10.3. The molecule has 7 N–H and O–H groups in total. The first kappa shape index (κ1) is 10.9. The summed E-state index contributed by atoms with van der Waals surface area (Å²) in [5.74, 6) is -1.47. The maximum absolute atomic E-state index is 10.3. The molecule has 0 aromatic carbocycles. The van der Waals surface area contributed by atoms with Gasteiger partial charge in [0.2, 0.25) is 5.91 Å². The van der Waals surface area contributed by atoms with Crippen LogP contribution >= 0.6 is 0 Å². The molecule has 72 valence electrons. The lowest BCUT2D eigenvalue weighted by Crippen LogP contribution is -2.36. The summed E-state index contributed by atoms with van der Waals surface area (Å²) in [5.41, 5.74) is 8.94. The molecule has 1 heterocycles. The van der Waals surface area contributed by atoms with Crippen molar-refractivity contribution in [3.05, 3.63) is 0 Å². The van der Waals surface area contributed by atoms with Gasteiger partial charge in [-0.15, -0.1) is 0 Å². The predicted molar refractivity (Wildman–Crippen MR) is 43.9 cm³/mol. The highest BCUT2D eigenvalue weighted by molar-refractivity contribution is 6.11. The van der Waals surface area contributed by atoms with Gasteiger partial charge in [0.1, 0.15) is 6.42 Å². The molecule has 1 aliphatic rings. The van der Waals surface area contributed by atoms with Crippen molar-refractivity contribution in [1.82, 2.24) is 5.32 Å². The Morgan fingerprint density at radius 1 is 1.54 bits per heavy atom. The second-order valence-corrected chi connectivity index (χ2v) is 2.01. The first-order chi connectivity index (χ1) is 5.91. The number of nitrogens with two attached hydrogens (primary N) is 2. The molecular weight excluding hydrogens is 178 g/mol. The van der Waals surface area contributed by atoms with Gasteiger partial charge in [0, 0.05) is 0 Å². The zero-order valence-electron chi connectivity index (χ0n) is 6.57. The molecule has 1 rings (SSSR count). The molecule has 0 fully saturated rings. The van der Waals surface area contributed by atoms with Crippen LogP contribution in [0.1, 0.15) is 6.42 Å². The van der Waals surface area contributed by atoms with E-state index in [1.807, 2.05) is 5.32 Å². The smallest absolute Gasteiger partial charge is 0.296 e. The van der Waals surface area contributed by atoms with Crippen LogP contribution in [0, 0.1) is 5.41 Å². The van der Waals surface area contributed by atoms with E-state index in [0.717, 1.165) is 0 Å². The molecule has 2 amide bonds. The molecule has 8 nitrogen and oxygen atoms in total. The molecule has 0 bridgehead atoms. The van der Waals surface area contributed by atoms with Gasteiger partial charge in [-0.25, -0.2) is 0 Å². The van der Waals surface area contributed by atoms with Gasteiger partial charge in [-0.3, -0.25) is 20.3 Å². The maximum Gasteiger partial charge on any atom is 0.296 e. The SMILES string of the molecule is N=C(N)N.O=C1CC(=O)NC(O)=N1. The van der Waals surface area contributed by atoms with E-state index in [4.69, 9.17) is 10.5 Å². The second kappa shape index (κ2) is 4.70. The zero-order chi connectivity index (χ0) is 10.4. The molecule has 1 aliphatic heterocycles. The van der Waals surface area contributed by atoms with Crippen LogP contribution in [0.25, 0.3) is 0 Å². The maximum atomic E-state index is 10.3. The summed E-state index contributed by atoms with van der Waals surface area (Å²) >= 11 is 0. The summed E-state index contributed by atoms with van der Waals surface area (Å²) in [6.07, 6.45) is -0.274. The Morgan fingerprint density at radius 3 is 2.31 bits per heavy atom. The number of aliphatic hydroxyl groups excluding tert-OH is 1. The molecule has 0 aromatic heterocycles. The third-order valence-electron chi connectivity index (χ3n) is 0.794. The molecular formula is C5H9N5O3. The lowest BCUT2D eigenvalue weighted by Gasteiger charge is -2.04. The van der Waals surface area contributed by atoms with Crippen molar-refractivity contribution in [2.24, 2.45) is 16.5 Å². The molecule has 0 aromatic rings. The number of rotatable bonds is 0. The number of carbonyl (C=O) groups excluding carboxylic acids is 2. The molecule has 0 unspecified atom stereocenters. The minimum absolute atomic E-state index is 0.274. The van der Waals surface area contributed by atoms with Gasteiger partial charge in [0.15, 0.2) is 5.96 Å². The Morgan fingerprint density at radius 2 is 2.00 bits per heavy atom. The van der Waals surface area contributed by atoms with Crippen molar-refractivity contribution in [2.75, 3.05) is 0 Å². The number of carbonyl (C=O) groups is 2. The summed E-state index contributed by atoms with van der Waals surface area (Å²) in [6, 6.07) is -0.615. The van der Waals surface area contributed by atoms with Crippen LogP contribution in [0.5, 0.6) is 0 Å². The van der Waals surface area contributed by atoms with E-state index < -0.39 is 17.8 Å². The Labute approximate surface area is 73.1 Å². The van der Waals surface area contributed by atoms with Crippen LogP contribution in [0.15, 0.2) is 4.99 Å². The highest BCUT2D eigenvalue weighted by Crippen LogP contribution is 1.90. The van der Waals surface area contributed by atoms with Gasteiger partial charge in [-0.2, -0.15) is 4.99 Å². The number of nitrogens with zero attached hydrogens (tertiary/aromatic N) is 1. The van der Waals surface area contributed by atoms with Crippen molar-refractivity contribution < 1.29 is 14.7 Å². The summed E-state index contributed by atoms with van der Waals surface area (Å²) < 4.78 is 0. The monoisotopic (exact) mass is 187 g/mol. The van der Waals surface area contributed by atoms with Gasteiger partial charge in [0.05, 0.1) is 0 Å². The highest BCUT2D eigenvalue weighted by atomic mass is 16.3. The van der Waals surface area contributed by atoms with E-state index in [1.54, 1.807) is 0 Å². The Balaban J connectivity index is 0.000000310. The third-order valence-corrected chi connectivity index (χ3v) is 0.794. The quantitative estimate of drug-likeness (QED) is 0.165. The van der Waals surface area contributed by atoms with Crippen LogP contribution < -0.4 is 16.8 Å². The third kappa shape index (κ3) is 6.28. The van der Waals surface area contributed by atoms with E-state index in [2.05, 4.69) is 16.5 Å². The molecule has 0 atom stereocenters. The van der Waals surface area contributed by atoms with E-state index in [1.165, 1.54) is 0 Å². The first-order valence-electron chi connectivity index (χ1n) is 3.11. The fourth-order valence-corrected chi connectivity index (χ4v) is 0.492. The number of hydrogen-bond acceptors (Lipinski definition) is 3. The van der Waals surface area contributed by atoms with Crippen LogP contribution in [0.2, 0.25) is 0 Å². The molecule has 0 saturated heterocycles. The number of amidine groups is 1. The lowest BCUT2D eigenvalue weighted by molar-refractivity contribution is -0.127. The summed E-state index contributed by atoms with van der Waals surface area (Å²) in [5, 5.41) is 16.5. The van der Waals surface area contributed by atoms with Gasteiger partial charge in [-0.05, 0) is 0 Å². The van der Waals surface area contributed by atoms with Crippen LogP contribution in [0.3, 0.4) is 0 Å². The van der Waals surface area contributed by atoms with Crippen LogP contribution in [-0.4, -0.2) is 28.9 Å². The van der Waals surface area contributed by atoms with Gasteiger partial charge >= 0.3 is 0 Å². The number of nitrogens with one attached hydrogen (secondary N) is 2. The Hall–Kier alpha value is -2.12. The van der Waals surface area contributed by atoms with Gasteiger partial charge < -0.3 is 16.6 Å². The summed E-state index contributed by atoms with van der Waals surface area (Å²) in [4.78, 5) is 23.6. The van der Waals surface area contributed by atoms with Crippen molar-refractivity contribution >= 4 is 23.8 Å². The first-order valence-corrected chi connectivity index (χ1v) is 3.11. The van der Waals surface area contributed by atoms with Crippen molar-refractivity contribution in [1.29, 1.82) is 5.41 Å². The van der Waals surface area contributed by atoms with E-state index in [9.17, 15) is 9.59 Å². The standard InChI is InChI=1S/C4H4N2O3.CH5N3/c7-2-1-3(8)6-4(9)5-2;2-1(3)4/h1H2,(H2,5,6,7,8,9);(H5,2,3,4). The minimum atomic E-state index is -0.615. The van der Waals surface area contributed by atoms with Crippen molar-refractivity contribution in [2.45, 2.75) is 6.42 Å². The minimum Gasteiger partial charge on any atom is -0.480 e. The van der Waals surface area contributed by atoms with Crippen molar-refractivity contribution in [3.63, 3.8) is 0 Å².